The Kier molecular flexibility index (Phi) is 6.11. The fourth-order valence-electron chi connectivity index (χ4n) is 3.18. The number of rotatable bonds is 4. The van der Waals surface area contributed by atoms with Crippen molar-refractivity contribution >= 4 is 33.6 Å². The van der Waals surface area contributed by atoms with Gasteiger partial charge in [-0.25, -0.2) is 4.98 Å². The summed E-state index contributed by atoms with van der Waals surface area (Å²) in [4.78, 5) is 31.3. The molecule has 27 heavy (non-hydrogen) atoms. The molecule has 0 saturated carbocycles. The zero-order chi connectivity index (χ0) is 19.4. The number of hydrogen-bond acceptors (Lipinski definition) is 4. The third kappa shape index (κ3) is 4.66. The van der Waals surface area contributed by atoms with Crippen molar-refractivity contribution in [3.8, 4) is 5.75 Å². The second-order valence-electron chi connectivity index (χ2n) is 6.62. The Bertz CT molecular complexity index is 831. The average Bonchev–Trinajstić information content (AvgIpc) is 2.69. The minimum atomic E-state index is -0.126. The normalized spacial score (nSPS) is 14.7. The number of pyridine rings is 1. The van der Waals surface area contributed by atoms with E-state index in [1.54, 1.807) is 24.3 Å². The van der Waals surface area contributed by atoms with E-state index in [1.165, 1.54) is 0 Å². The topological polar surface area (TPSA) is 71.5 Å². The van der Waals surface area contributed by atoms with Gasteiger partial charge in [0.15, 0.2) is 0 Å². The van der Waals surface area contributed by atoms with E-state index in [0.29, 0.717) is 43.1 Å². The van der Waals surface area contributed by atoms with Gasteiger partial charge in [0.25, 0.3) is 5.91 Å². The van der Waals surface area contributed by atoms with E-state index in [4.69, 9.17) is 4.74 Å². The largest absolute Gasteiger partial charge is 0.496 e. The zero-order valence-electron chi connectivity index (χ0n) is 15.4. The van der Waals surface area contributed by atoms with Crippen molar-refractivity contribution in [2.75, 3.05) is 25.5 Å². The number of nitrogens with one attached hydrogen (secondary N) is 1. The highest BCUT2D eigenvalue weighted by Gasteiger charge is 2.29. The Morgan fingerprint density at radius 1 is 1.22 bits per heavy atom. The maximum Gasteiger partial charge on any atom is 0.257 e. The molecule has 142 valence electrons. The molecule has 6 nitrogen and oxygen atoms in total. The highest BCUT2D eigenvalue weighted by atomic mass is 79.9. The van der Waals surface area contributed by atoms with Gasteiger partial charge < -0.3 is 15.0 Å². The van der Waals surface area contributed by atoms with Crippen LogP contribution in [0, 0.1) is 12.8 Å². The van der Waals surface area contributed by atoms with Gasteiger partial charge in [0.05, 0.1) is 12.7 Å². The molecular weight excluding hydrogens is 410 g/mol. The molecule has 0 aliphatic carbocycles. The summed E-state index contributed by atoms with van der Waals surface area (Å²) in [5.74, 6) is 0.880. The molecule has 2 heterocycles. The molecule has 1 aromatic carbocycles. The van der Waals surface area contributed by atoms with E-state index >= 15 is 0 Å². The molecule has 0 bridgehead atoms. The summed E-state index contributed by atoms with van der Waals surface area (Å²) in [6, 6.07) is 9.17. The number of aromatic nitrogens is 1. The van der Waals surface area contributed by atoms with Gasteiger partial charge in [-0.15, -0.1) is 0 Å². The van der Waals surface area contributed by atoms with Crippen LogP contribution >= 0.6 is 15.9 Å². The minimum absolute atomic E-state index is 0.0509. The number of methoxy groups -OCH3 is 1. The molecular formula is C20H22BrN3O3. The maximum absolute atomic E-state index is 12.9. The summed E-state index contributed by atoms with van der Waals surface area (Å²) in [7, 11) is 1.56. The summed E-state index contributed by atoms with van der Waals surface area (Å²) in [5.41, 5.74) is 1.58. The van der Waals surface area contributed by atoms with Crippen LogP contribution in [0.15, 0.2) is 41.0 Å². The fourth-order valence-corrected chi connectivity index (χ4v) is 3.42. The number of aryl methyl sites for hydroxylation is 1. The molecule has 2 aromatic rings. The van der Waals surface area contributed by atoms with Crippen LogP contribution < -0.4 is 10.1 Å². The summed E-state index contributed by atoms with van der Waals surface area (Å²) >= 11 is 3.32. The van der Waals surface area contributed by atoms with E-state index < -0.39 is 0 Å². The first-order chi connectivity index (χ1) is 13.0. The monoisotopic (exact) mass is 431 g/mol. The van der Waals surface area contributed by atoms with Crippen LogP contribution in [0.25, 0.3) is 0 Å². The number of halogens is 1. The van der Waals surface area contributed by atoms with E-state index in [0.717, 1.165) is 10.0 Å². The lowest BCUT2D eigenvalue weighted by molar-refractivity contribution is -0.121. The number of benzene rings is 1. The van der Waals surface area contributed by atoms with Crippen molar-refractivity contribution in [1.29, 1.82) is 0 Å². The second kappa shape index (κ2) is 8.52. The first kappa shape index (κ1) is 19.4. The van der Waals surface area contributed by atoms with Crippen LogP contribution in [0.2, 0.25) is 0 Å². The molecule has 1 aliphatic rings. The van der Waals surface area contributed by atoms with E-state index in [2.05, 4.69) is 26.2 Å². The standard InChI is InChI=1S/C20H22BrN3O3/c1-13-3-5-17(27-2)16(11-13)20(26)24-9-7-14(8-10-24)19(25)23-18-6-4-15(21)12-22-18/h3-6,11-12,14H,7-10H2,1-2H3,(H,22,23,25). The Balaban J connectivity index is 1.60. The highest BCUT2D eigenvalue weighted by Crippen LogP contribution is 2.25. The number of anilines is 1. The zero-order valence-corrected chi connectivity index (χ0v) is 17.0. The molecule has 3 rings (SSSR count). The van der Waals surface area contributed by atoms with Gasteiger partial charge in [-0.05, 0) is 60.0 Å². The average molecular weight is 432 g/mol. The maximum atomic E-state index is 12.9. The first-order valence-electron chi connectivity index (χ1n) is 8.84. The van der Waals surface area contributed by atoms with E-state index in [9.17, 15) is 9.59 Å². The number of piperidine rings is 1. The Labute approximate surface area is 167 Å². The Hall–Kier alpha value is -2.41. The van der Waals surface area contributed by atoms with Gasteiger partial charge in [0.1, 0.15) is 11.6 Å². The van der Waals surface area contributed by atoms with Crippen molar-refractivity contribution < 1.29 is 14.3 Å². The molecule has 1 aromatic heterocycles. The van der Waals surface area contributed by atoms with Crippen LogP contribution in [0.4, 0.5) is 5.82 Å². The predicted molar refractivity (Wildman–Crippen MR) is 107 cm³/mol. The lowest BCUT2D eigenvalue weighted by Gasteiger charge is -2.31. The molecule has 1 fully saturated rings. The highest BCUT2D eigenvalue weighted by molar-refractivity contribution is 9.10. The van der Waals surface area contributed by atoms with Crippen LogP contribution in [-0.4, -0.2) is 41.9 Å². The third-order valence-corrected chi connectivity index (χ3v) is 5.19. The summed E-state index contributed by atoms with van der Waals surface area (Å²) in [6.07, 6.45) is 2.90. The molecule has 0 unspecified atom stereocenters. The summed E-state index contributed by atoms with van der Waals surface area (Å²) < 4.78 is 6.18. The van der Waals surface area contributed by atoms with Crippen molar-refractivity contribution in [2.45, 2.75) is 19.8 Å². The predicted octanol–water partition coefficient (Wildman–Crippen LogP) is 3.65. The first-order valence-corrected chi connectivity index (χ1v) is 9.63. The molecule has 1 aliphatic heterocycles. The molecule has 0 atom stereocenters. The molecule has 1 saturated heterocycles. The molecule has 2 amide bonds. The lowest BCUT2D eigenvalue weighted by Crippen LogP contribution is -2.41. The van der Waals surface area contributed by atoms with Crippen molar-refractivity contribution in [2.24, 2.45) is 5.92 Å². The summed E-state index contributed by atoms with van der Waals surface area (Å²) in [5, 5.41) is 2.85. The third-order valence-electron chi connectivity index (χ3n) is 4.72. The fraction of sp³-hybridized carbons (Fsp3) is 0.350. The molecule has 7 heteroatoms. The quantitative estimate of drug-likeness (QED) is 0.801. The van der Waals surface area contributed by atoms with Crippen LogP contribution in [-0.2, 0) is 4.79 Å². The Morgan fingerprint density at radius 2 is 1.96 bits per heavy atom. The smallest absolute Gasteiger partial charge is 0.257 e. The SMILES string of the molecule is COc1ccc(C)cc1C(=O)N1CCC(C(=O)Nc2ccc(Br)cn2)CC1. The van der Waals surface area contributed by atoms with Crippen molar-refractivity contribution in [3.63, 3.8) is 0 Å². The number of amides is 2. The van der Waals surface area contributed by atoms with Gasteiger partial charge >= 0.3 is 0 Å². The van der Waals surface area contributed by atoms with Crippen LogP contribution in [0.1, 0.15) is 28.8 Å². The minimum Gasteiger partial charge on any atom is -0.496 e. The Morgan fingerprint density at radius 3 is 2.59 bits per heavy atom. The van der Waals surface area contributed by atoms with Gasteiger partial charge in [-0.1, -0.05) is 11.6 Å². The number of carbonyl (C=O) groups excluding carboxylic acids is 2. The van der Waals surface area contributed by atoms with Crippen LogP contribution in [0.5, 0.6) is 5.75 Å². The lowest BCUT2D eigenvalue weighted by atomic mass is 9.95. The van der Waals surface area contributed by atoms with Gasteiger partial charge in [-0.3, -0.25) is 9.59 Å². The second-order valence-corrected chi connectivity index (χ2v) is 7.54. The van der Waals surface area contributed by atoms with E-state index in [1.807, 2.05) is 31.2 Å². The van der Waals surface area contributed by atoms with Crippen LogP contribution in [0.3, 0.4) is 0 Å². The summed E-state index contributed by atoms with van der Waals surface area (Å²) in [6.45, 7) is 3.03. The number of likely N-dealkylation sites (tertiary alicyclic amines) is 1. The van der Waals surface area contributed by atoms with Gasteiger partial charge in [-0.2, -0.15) is 0 Å². The van der Waals surface area contributed by atoms with Crippen molar-refractivity contribution in [1.82, 2.24) is 9.88 Å². The van der Waals surface area contributed by atoms with E-state index in [-0.39, 0.29) is 17.7 Å². The number of nitrogens with zero attached hydrogens (tertiary/aromatic N) is 2. The van der Waals surface area contributed by atoms with Gasteiger partial charge in [0, 0.05) is 29.7 Å². The molecule has 0 spiro atoms. The van der Waals surface area contributed by atoms with Gasteiger partial charge in [0.2, 0.25) is 5.91 Å². The number of hydrogen-bond donors (Lipinski definition) is 1. The number of ether oxygens (including phenoxy) is 1. The van der Waals surface area contributed by atoms with Crippen molar-refractivity contribution in [3.05, 3.63) is 52.1 Å². The molecule has 1 N–H and O–H groups in total. The number of carbonyl (C=O) groups is 2. The molecule has 0 radical (unpaired) electrons.